The van der Waals surface area contributed by atoms with E-state index in [4.69, 9.17) is 18.9 Å². The van der Waals surface area contributed by atoms with Crippen molar-refractivity contribution in [3.63, 3.8) is 0 Å². The second-order valence-electron chi connectivity index (χ2n) is 6.58. The molecule has 0 bridgehead atoms. The number of hydrogen-bond donors (Lipinski definition) is 0. The third-order valence-corrected chi connectivity index (χ3v) is 2.46. The van der Waals surface area contributed by atoms with Gasteiger partial charge in [0, 0.05) is 6.42 Å². The minimum Gasteiger partial charge on any atom is -0.434 e. The van der Waals surface area contributed by atoms with Gasteiger partial charge in [0.25, 0.3) is 0 Å². The minimum absolute atomic E-state index is 0.143. The Labute approximate surface area is 133 Å². The van der Waals surface area contributed by atoms with E-state index in [0.29, 0.717) is 19.4 Å². The monoisotopic (exact) mass is 318 g/mol. The van der Waals surface area contributed by atoms with Crippen LogP contribution in [0.15, 0.2) is 0 Å². The fourth-order valence-electron chi connectivity index (χ4n) is 1.54. The van der Waals surface area contributed by atoms with Gasteiger partial charge in [-0.1, -0.05) is 27.2 Å². The van der Waals surface area contributed by atoms with E-state index in [0.717, 1.165) is 6.42 Å². The molecule has 0 saturated heterocycles. The molecule has 0 heterocycles. The van der Waals surface area contributed by atoms with E-state index in [2.05, 4.69) is 0 Å². The highest BCUT2D eigenvalue weighted by molar-refractivity contribution is 5.61. The van der Waals surface area contributed by atoms with Crippen molar-refractivity contribution in [1.82, 2.24) is 0 Å². The van der Waals surface area contributed by atoms with Gasteiger partial charge in [0.2, 0.25) is 0 Å². The Morgan fingerprint density at radius 3 is 2.14 bits per heavy atom. The van der Waals surface area contributed by atoms with Crippen molar-refractivity contribution in [2.45, 2.75) is 72.5 Å². The van der Waals surface area contributed by atoms with Gasteiger partial charge in [0.05, 0.1) is 13.2 Å². The zero-order valence-corrected chi connectivity index (χ0v) is 14.6. The molecule has 0 spiro atoms. The first-order chi connectivity index (χ1) is 10.1. The van der Waals surface area contributed by atoms with Gasteiger partial charge in [-0.15, -0.1) is 0 Å². The van der Waals surface area contributed by atoms with Crippen LogP contribution >= 0.6 is 0 Å². The molecule has 0 aromatic carbocycles. The molecule has 0 saturated carbocycles. The van der Waals surface area contributed by atoms with E-state index < -0.39 is 17.9 Å². The van der Waals surface area contributed by atoms with Crippen molar-refractivity contribution >= 4 is 12.3 Å². The maximum Gasteiger partial charge on any atom is 0.509 e. The van der Waals surface area contributed by atoms with Crippen LogP contribution in [0.25, 0.3) is 0 Å². The Morgan fingerprint density at radius 2 is 1.64 bits per heavy atom. The number of rotatable bonds is 8. The summed E-state index contributed by atoms with van der Waals surface area (Å²) in [5.74, 6) is 0.260. The molecule has 0 fully saturated rings. The molecule has 0 amide bonds. The van der Waals surface area contributed by atoms with Gasteiger partial charge in [-0.25, -0.2) is 9.59 Å². The van der Waals surface area contributed by atoms with Crippen LogP contribution in [-0.2, 0) is 18.9 Å². The van der Waals surface area contributed by atoms with Crippen molar-refractivity contribution in [2.75, 3.05) is 13.2 Å². The molecule has 6 heteroatoms. The molecule has 6 nitrogen and oxygen atoms in total. The lowest BCUT2D eigenvalue weighted by Crippen LogP contribution is -2.28. The Balaban J connectivity index is 4.09. The fourth-order valence-corrected chi connectivity index (χ4v) is 1.54. The zero-order chi connectivity index (χ0) is 17.2. The van der Waals surface area contributed by atoms with Gasteiger partial charge >= 0.3 is 12.3 Å². The Kier molecular flexibility index (Phi) is 9.61. The summed E-state index contributed by atoms with van der Waals surface area (Å²) in [6.45, 7) is 11.7. The smallest absolute Gasteiger partial charge is 0.434 e. The quantitative estimate of drug-likeness (QED) is 0.621. The molecule has 0 rings (SSSR count). The SMILES string of the molecule is CCCC(CCOC(=O)OCC(C)C)OC(=O)OC(C)(C)C. The van der Waals surface area contributed by atoms with Gasteiger partial charge in [0.15, 0.2) is 0 Å². The second-order valence-corrected chi connectivity index (χ2v) is 6.58. The van der Waals surface area contributed by atoms with Crippen LogP contribution in [0.5, 0.6) is 0 Å². The molecule has 0 aromatic heterocycles. The molecule has 0 aliphatic carbocycles. The third-order valence-electron chi connectivity index (χ3n) is 2.46. The number of ether oxygens (including phenoxy) is 4. The summed E-state index contributed by atoms with van der Waals surface area (Å²) >= 11 is 0. The van der Waals surface area contributed by atoms with Crippen LogP contribution in [0.1, 0.15) is 60.8 Å². The summed E-state index contributed by atoms with van der Waals surface area (Å²) in [4.78, 5) is 23.0. The average molecular weight is 318 g/mol. The fraction of sp³-hybridized carbons (Fsp3) is 0.875. The van der Waals surface area contributed by atoms with Crippen molar-refractivity contribution < 1.29 is 28.5 Å². The highest BCUT2D eigenvalue weighted by Crippen LogP contribution is 2.13. The Morgan fingerprint density at radius 1 is 1.00 bits per heavy atom. The van der Waals surface area contributed by atoms with Gasteiger partial charge in [-0.3, -0.25) is 0 Å². The van der Waals surface area contributed by atoms with Gasteiger partial charge in [-0.2, -0.15) is 0 Å². The van der Waals surface area contributed by atoms with Crippen molar-refractivity contribution in [2.24, 2.45) is 5.92 Å². The maximum atomic E-state index is 11.6. The van der Waals surface area contributed by atoms with Crippen molar-refractivity contribution in [1.29, 1.82) is 0 Å². The van der Waals surface area contributed by atoms with E-state index >= 15 is 0 Å². The van der Waals surface area contributed by atoms with E-state index in [-0.39, 0.29) is 18.6 Å². The number of carbonyl (C=O) groups excluding carboxylic acids is 2. The lowest BCUT2D eigenvalue weighted by Gasteiger charge is -2.22. The molecule has 130 valence electrons. The summed E-state index contributed by atoms with van der Waals surface area (Å²) in [6, 6.07) is 0. The predicted octanol–water partition coefficient (Wildman–Crippen LogP) is 4.31. The van der Waals surface area contributed by atoms with E-state index in [1.807, 2.05) is 20.8 Å². The predicted molar refractivity (Wildman–Crippen MR) is 82.8 cm³/mol. The Bertz CT molecular complexity index is 332. The average Bonchev–Trinajstić information content (AvgIpc) is 2.34. The normalized spacial score (nSPS) is 12.7. The summed E-state index contributed by atoms with van der Waals surface area (Å²) in [5, 5.41) is 0. The molecule has 0 radical (unpaired) electrons. The first-order valence-electron chi connectivity index (χ1n) is 7.83. The van der Waals surface area contributed by atoms with Crippen LogP contribution in [0, 0.1) is 5.92 Å². The highest BCUT2D eigenvalue weighted by atomic mass is 16.7. The summed E-state index contributed by atoms with van der Waals surface area (Å²) in [6.07, 6.45) is 0.228. The molecule has 0 N–H and O–H groups in total. The third kappa shape index (κ3) is 12.3. The maximum absolute atomic E-state index is 11.6. The Hall–Kier alpha value is -1.46. The van der Waals surface area contributed by atoms with Crippen molar-refractivity contribution in [3.8, 4) is 0 Å². The first-order valence-corrected chi connectivity index (χ1v) is 7.83. The standard InChI is InChI=1S/C16H30O6/c1-7-8-13(21-15(18)22-16(4,5)6)9-10-19-14(17)20-11-12(2)3/h12-13H,7-11H2,1-6H3. The highest BCUT2D eigenvalue weighted by Gasteiger charge is 2.21. The number of hydrogen-bond acceptors (Lipinski definition) is 6. The molecular weight excluding hydrogens is 288 g/mol. The largest absolute Gasteiger partial charge is 0.509 e. The van der Waals surface area contributed by atoms with Crippen LogP contribution in [0.3, 0.4) is 0 Å². The number of carbonyl (C=O) groups is 2. The van der Waals surface area contributed by atoms with Crippen LogP contribution in [0.2, 0.25) is 0 Å². The molecule has 1 unspecified atom stereocenters. The van der Waals surface area contributed by atoms with Gasteiger partial charge in [0.1, 0.15) is 11.7 Å². The van der Waals surface area contributed by atoms with Gasteiger partial charge in [-0.05, 0) is 33.1 Å². The molecule has 1 atom stereocenters. The van der Waals surface area contributed by atoms with E-state index in [1.54, 1.807) is 20.8 Å². The second kappa shape index (κ2) is 10.3. The van der Waals surface area contributed by atoms with Crippen LogP contribution < -0.4 is 0 Å². The topological polar surface area (TPSA) is 71.1 Å². The zero-order valence-electron chi connectivity index (χ0n) is 14.6. The molecule has 0 aromatic rings. The molecular formula is C16H30O6. The van der Waals surface area contributed by atoms with Crippen LogP contribution in [0.4, 0.5) is 9.59 Å². The molecule has 22 heavy (non-hydrogen) atoms. The summed E-state index contributed by atoms with van der Waals surface area (Å²) in [5.41, 5.74) is -0.592. The van der Waals surface area contributed by atoms with Gasteiger partial charge < -0.3 is 18.9 Å². The minimum atomic E-state index is -0.701. The lowest BCUT2D eigenvalue weighted by molar-refractivity contribution is -0.0345. The van der Waals surface area contributed by atoms with E-state index in [1.165, 1.54) is 0 Å². The van der Waals surface area contributed by atoms with Crippen LogP contribution in [-0.4, -0.2) is 37.2 Å². The summed E-state index contributed by atoms with van der Waals surface area (Å²) < 4.78 is 20.2. The molecule has 0 aliphatic heterocycles. The van der Waals surface area contributed by atoms with E-state index in [9.17, 15) is 9.59 Å². The summed E-state index contributed by atoms with van der Waals surface area (Å²) in [7, 11) is 0. The van der Waals surface area contributed by atoms with Crippen molar-refractivity contribution in [3.05, 3.63) is 0 Å². The first kappa shape index (κ1) is 20.5. The molecule has 0 aliphatic rings. The lowest BCUT2D eigenvalue weighted by atomic mass is 10.1.